The number of hydrogen-bond donors (Lipinski definition) is 2. The molecule has 2 rings (SSSR count). The van der Waals surface area contributed by atoms with E-state index >= 15 is 0 Å². The number of amides is 2. The Hall–Kier alpha value is -3.42. The molecule has 1 unspecified atom stereocenters. The Kier molecular flexibility index (Phi) is 7.30. The predicted molar refractivity (Wildman–Crippen MR) is 104 cm³/mol. The van der Waals surface area contributed by atoms with Crippen LogP contribution in [0.1, 0.15) is 27.5 Å². The quantitative estimate of drug-likeness (QED) is 0.664. The van der Waals surface area contributed by atoms with Crippen molar-refractivity contribution in [1.29, 1.82) is 0 Å². The van der Waals surface area contributed by atoms with Crippen LogP contribution in [-0.4, -0.2) is 33.1 Å². The zero-order valence-corrected chi connectivity index (χ0v) is 16.3. The van der Waals surface area contributed by atoms with Gasteiger partial charge >= 0.3 is 0 Å². The summed E-state index contributed by atoms with van der Waals surface area (Å²) < 4.78 is 37.5. The second-order valence-electron chi connectivity index (χ2n) is 6.06. The Balaban J connectivity index is 2.43. The molecule has 29 heavy (non-hydrogen) atoms. The van der Waals surface area contributed by atoms with E-state index in [9.17, 15) is 18.4 Å². The Morgan fingerprint density at radius 1 is 1.14 bits per heavy atom. The molecule has 8 heteroatoms. The van der Waals surface area contributed by atoms with Gasteiger partial charge in [0.1, 0.15) is 6.04 Å². The number of allylic oxidation sites excluding steroid dienone is 1. The van der Waals surface area contributed by atoms with Crippen LogP contribution in [0.2, 0.25) is 0 Å². The lowest BCUT2D eigenvalue weighted by molar-refractivity contribution is -0.122. The number of likely N-dealkylation sites (N-methyl/N-ethyl adjacent to an activating group) is 1. The molecule has 0 saturated carbocycles. The third-order valence-corrected chi connectivity index (χ3v) is 4.24. The Morgan fingerprint density at radius 3 is 2.41 bits per heavy atom. The van der Waals surface area contributed by atoms with Crippen LogP contribution in [0.15, 0.2) is 43.0 Å². The average Bonchev–Trinajstić information content (AvgIpc) is 2.72. The number of carbonyl (C=O) groups excluding carboxylic acids is 2. The summed E-state index contributed by atoms with van der Waals surface area (Å²) in [6, 6.07) is 4.82. The van der Waals surface area contributed by atoms with Crippen molar-refractivity contribution < 1.29 is 27.8 Å². The molecular weight excluding hydrogens is 382 g/mol. The van der Waals surface area contributed by atoms with Crippen molar-refractivity contribution in [2.24, 2.45) is 0 Å². The van der Waals surface area contributed by atoms with Crippen molar-refractivity contribution >= 4 is 11.8 Å². The number of carbonyl (C=O) groups is 2. The number of nitrogens with one attached hydrogen (secondary N) is 2. The summed E-state index contributed by atoms with van der Waals surface area (Å²) in [5.74, 6) is -2.56. The lowest BCUT2D eigenvalue weighted by Gasteiger charge is -2.19. The van der Waals surface area contributed by atoms with E-state index in [0.29, 0.717) is 23.5 Å². The molecule has 0 fully saturated rings. The van der Waals surface area contributed by atoms with E-state index in [0.717, 1.165) is 12.1 Å². The molecule has 0 spiro atoms. The van der Waals surface area contributed by atoms with Gasteiger partial charge in [0, 0.05) is 18.2 Å². The molecule has 0 bridgehead atoms. The van der Waals surface area contributed by atoms with Crippen LogP contribution in [0.3, 0.4) is 0 Å². The first-order valence-corrected chi connectivity index (χ1v) is 8.69. The maximum absolute atomic E-state index is 13.6. The molecule has 2 aromatic carbocycles. The summed E-state index contributed by atoms with van der Waals surface area (Å²) in [4.78, 5) is 25.1. The summed E-state index contributed by atoms with van der Waals surface area (Å²) >= 11 is 0. The highest BCUT2D eigenvalue weighted by Gasteiger charge is 2.25. The van der Waals surface area contributed by atoms with E-state index in [1.54, 1.807) is 12.1 Å². The number of benzene rings is 2. The first-order chi connectivity index (χ1) is 13.9. The van der Waals surface area contributed by atoms with Crippen LogP contribution in [0.4, 0.5) is 8.78 Å². The number of halogens is 2. The minimum absolute atomic E-state index is 0.100. The summed E-state index contributed by atoms with van der Waals surface area (Å²) in [6.45, 7) is 3.68. The molecule has 0 radical (unpaired) electrons. The van der Waals surface area contributed by atoms with Gasteiger partial charge in [-0.05, 0) is 36.2 Å². The Morgan fingerprint density at radius 2 is 1.86 bits per heavy atom. The lowest BCUT2D eigenvalue weighted by Crippen LogP contribution is -2.39. The van der Waals surface area contributed by atoms with Gasteiger partial charge in [-0.1, -0.05) is 12.1 Å². The highest BCUT2D eigenvalue weighted by atomic mass is 19.2. The van der Waals surface area contributed by atoms with Crippen molar-refractivity contribution in [3.05, 3.63) is 71.3 Å². The molecule has 0 aromatic heterocycles. The topological polar surface area (TPSA) is 76.7 Å². The fourth-order valence-corrected chi connectivity index (χ4v) is 2.83. The largest absolute Gasteiger partial charge is 0.493 e. The SMILES string of the molecule is C=CCc1cc(C(=O)NC(C(=O)NC)c2ccc(F)c(F)c2)cc(OC)c1OC. The standard InChI is InChI=1S/C21H22F2N2O4/c1-5-6-13-9-14(11-17(28-3)19(13)29-4)20(26)25-18(21(27)24-2)12-7-8-15(22)16(23)10-12/h5,7-11,18H,1,6H2,2-4H3,(H,24,27)(H,25,26). The Labute approximate surface area is 167 Å². The molecule has 0 saturated heterocycles. The molecule has 0 aliphatic heterocycles. The van der Waals surface area contributed by atoms with Crippen molar-refractivity contribution in [1.82, 2.24) is 10.6 Å². The molecule has 0 aliphatic carbocycles. The normalized spacial score (nSPS) is 11.3. The number of methoxy groups -OCH3 is 2. The van der Waals surface area contributed by atoms with Gasteiger partial charge in [0.05, 0.1) is 14.2 Å². The van der Waals surface area contributed by atoms with Gasteiger partial charge in [-0.25, -0.2) is 8.78 Å². The van der Waals surface area contributed by atoms with E-state index in [-0.39, 0.29) is 11.1 Å². The average molecular weight is 404 g/mol. The minimum atomic E-state index is -1.22. The summed E-state index contributed by atoms with van der Waals surface area (Å²) in [6.07, 6.45) is 2.07. The van der Waals surface area contributed by atoms with Gasteiger partial charge in [-0.15, -0.1) is 6.58 Å². The molecule has 2 N–H and O–H groups in total. The smallest absolute Gasteiger partial charge is 0.252 e. The van der Waals surface area contributed by atoms with Crippen molar-refractivity contribution in [3.8, 4) is 11.5 Å². The molecule has 0 heterocycles. The summed E-state index contributed by atoms with van der Waals surface area (Å²) in [7, 11) is 4.29. The number of rotatable bonds is 8. The van der Waals surface area contributed by atoms with Gasteiger partial charge in [-0.3, -0.25) is 9.59 Å². The van der Waals surface area contributed by atoms with Crippen LogP contribution in [0.5, 0.6) is 11.5 Å². The second-order valence-corrected chi connectivity index (χ2v) is 6.06. The van der Waals surface area contributed by atoms with Crippen molar-refractivity contribution in [3.63, 3.8) is 0 Å². The lowest BCUT2D eigenvalue weighted by atomic mass is 10.0. The first-order valence-electron chi connectivity index (χ1n) is 8.69. The van der Waals surface area contributed by atoms with Gasteiger partial charge < -0.3 is 20.1 Å². The first kappa shape index (κ1) is 21.9. The van der Waals surface area contributed by atoms with Crippen LogP contribution in [0.25, 0.3) is 0 Å². The van der Waals surface area contributed by atoms with Crippen molar-refractivity contribution in [2.75, 3.05) is 21.3 Å². The molecule has 1 atom stereocenters. The summed E-state index contributed by atoms with van der Waals surface area (Å²) in [5, 5.41) is 4.94. The maximum Gasteiger partial charge on any atom is 0.252 e. The Bertz CT molecular complexity index is 931. The number of ether oxygens (including phenoxy) is 2. The fourth-order valence-electron chi connectivity index (χ4n) is 2.83. The molecular formula is C21H22F2N2O4. The third-order valence-electron chi connectivity index (χ3n) is 4.24. The monoisotopic (exact) mass is 404 g/mol. The molecule has 0 aliphatic rings. The van der Waals surface area contributed by atoms with Crippen molar-refractivity contribution in [2.45, 2.75) is 12.5 Å². The zero-order valence-electron chi connectivity index (χ0n) is 16.3. The van der Waals surface area contributed by atoms with E-state index in [2.05, 4.69) is 17.2 Å². The van der Waals surface area contributed by atoms with E-state index in [1.807, 2.05) is 0 Å². The van der Waals surface area contributed by atoms with E-state index in [4.69, 9.17) is 9.47 Å². The maximum atomic E-state index is 13.6. The number of hydrogen-bond acceptors (Lipinski definition) is 4. The highest BCUT2D eigenvalue weighted by Crippen LogP contribution is 2.33. The van der Waals surface area contributed by atoms with Crippen LogP contribution >= 0.6 is 0 Å². The van der Waals surface area contributed by atoms with Crippen LogP contribution < -0.4 is 20.1 Å². The van der Waals surface area contributed by atoms with Crippen LogP contribution in [-0.2, 0) is 11.2 Å². The second kappa shape index (κ2) is 9.68. The van der Waals surface area contributed by atoms with E-state index < -0.39 is 29.5 Å². The van der Waals surface area contributed by atoms with Gasteiger partial charge in [0.2, 0.25) is 5.91 Å². The van der Waals surface area contributed by atoms with Crippen LogP contribution in [0, 0.1) is 11.6 Å². The fraction of sp³-hybridized carbons (Fsp3) is 0.238. The van der Waals surface area contributed by atoms with Gasteiger partial charge in [0.25, 0.3) is 5.91 Å². The predicted octanol–water partition coefficient (Wildman–Crippen LogP) is 2.93. The van der Waals surface area contributed by atoms with Gasteiger partial charge in [0.15, 0.2) is 23.1 Å². The molecule has 154 valence electrons. The third kappa shape index (κ3) is 4.90. The summed E-state index contributed by atoms with van der Waals surface area (Å²) in [5.41, 5.74) is 0.968. The van der Waals surface area contributed by atoms with Gasteiger partial charge in [-0.2, -0.15) is 0 Å². The molecule has 2 amide bonds. The highest BCUT2D eigenvalue weighted by molar-refractivity contribution is 5.98. The zero-order chi connectivity index (χ0) is 21.6. The molecule has 2 aromatic rings. The molecule has 6 nitrogen and oxygen atoms in total. The minimum Gasteiger partial charge on any atom is -0.493 e. The van der Waals surface area contributed by atoms with E-state index in [1.165, 1.54) is 33.4 Å².